The summed E-state index contributed by atoms with van der Waals surface area (Å²) in [6, 6.07) is 0. The van der Waals surface area contributed by atoms with Crippen LogP contribution in [-0.4, -0.2) is 22.5 Å². The molecule has 0 saturated carbocycles. The first-order valence-electron chi connectivity index (χ1n) is 4.22. The summed E-state index contributed by atoms with van der Waals surface area (Å²) in [7, 11) is 0. The van der Waals surface area contributed by atoms with E-state index in [-0.39, 0.29) is 15.6 Å². The van der Waals surface area contributed by atoms with E-state index in [2.05, 4.69) is 4.98 Å². The van der Waals surface area contributed by atoms with Gasteiger partial charge >= 0.3 is 5.97 Å². The minimum absolute atomic E-state index is 0.0564. The van der Waals surface area contributed by atoms with Crippen LogP contribution in [-0.2, 0) is 4.79 Å². The number of rotatable bonds is 4. The van der Waals surface area contributed by atoms with Crippen molar-refractivity contribution in [2.24, 2.45) is 0 Å². The highest BCUT2D eigenvalue weighted by atomic mass is 35.5. The molecule has 0 bridgehead atoms. The highest BCUT2D eigenvalue weighted by Gasteiger charge is 2.29. The molecule has 88 valence electrons. The monoisotopic (exact) mass is 269 g/mol. The number of carboxylic acids is 1. The van der Waals surface area contributed by atoms with Crippen LogP contribution in [0.15, 0.2) is 12.4 Å². The van der Waals surface area contributed by atoms with Crippen molar-refractivity contribution in [1.82, 2.24) is 4.98 Å². The van der Waals surface area contributed by atoms with Crippen molar-refractivity contribution in [3.8, 4) is 0 Å². The number of pyridine rings is 1. The molecule has 0 amide bonds. The van der Waals surface area contributed by atoms with Gasteiger partial charge in [0.2, 0.25) is 6.43 Å². The average molecular weight is 270 g/mol. The van der Waals surface area contributed by atoms with Gasteiger partial charge < -0.3 is 5.11 Å². The van der Waals surface area contributed by atoms with Gasteiger partial charge in [0.25, 0.3) is 0 Å². The van der Waals surface area contributed by atoms with Crippen LogP contribution in [0.25, 0.3) is 0 Å². The summed E-state index contributed by atoms with van der Waals surface area (Å²) >= 11 is 11.4. The molecular weight excluding hydrogens is 263 g/mol. The quantitative estimate of drug-likeness (QED) is 0.913. The average Bonchev–Trinajstić information content (AvgIpc) is 2.15. The molecule has 1 N–H and O–H groups in total. The second kappa shape index (κ2) is 5.41. The summed E-state index contributed by atoms with van der Waals surface area (Å²) in [6.45, 7) is 0. The molecule has 0 radical (unpaired) electrons. The number of nitrogens with zero attached hydrogens (tertiary/aromatic N) is 1. The van der Waals surface area contributed by atoms with Crippen molar-refractivity contribution in [2.45, 2.75) is 18.8 Å². The Hall–Kier alpha value is -0.940. The van der Waals surface area contributed by atoms with Crippen molar-refractivity contribution in [1.29, 1.82) is 0 Å². The van der Waals surface area contributed by atoms with Crippen LogP contribution in [0, 0.1) is 0 Å². The van der Waals surface area contributed by atoms with Gasteiger partial charge in [-0.1, -0.05) is 23.2 Å². The van der Waals surface area contributed by atoms with E-state index in [9.17, 15) is 13.6 Å². The van der Waals surface area contributed by atoms with Crippen LogP contribution >= 0.6 is 23.2 Å². The summed E-state index contributed by atoms with van der Waals surface area (Å²) in [5, 5.41) is 8.43. The van der Waals surface area contributed by atoms with E-state index in [1.165, 1.54) is 0 Å². The topological polar surface area (TPSA) is 50.2 Å². The van der Waals surface area contributed by atoms with E-state index in [0.29, 0.717) is 0 Å². The van der Waals surface area contributed by atoms with E-state index in [1.54, 1.807) is 0 Å². The Morgan fingerprint density at radius 2 is 1.88 bits per heavy atom. The third kappa shape index (κ3) is 3.02. The van der Waals surface area contributed by atoms with Crippen LogP contribution in [0.5, 0.6) is 0 Å². The third-order valence-corrected chi connectivity index (χ3v) is 2.56. The highest BCUT2D eigenvalue weighted by Crippen LogP contribution is 2.36. The summed E-state index contributed by atoms with van der Waals surface area (Å²) < 4.78 is 25.4. The number of aromatic nitrogens is 1. The largest absolute Gasteiger partial charge is 0.481 e. The van der Waals surface area contributed by atoms with Gasteiger partial charge in [-0.05, 0) is 0 Å². The number of hydrogen-bond acceptors (Lipinski definition) is 2. The number of halogens is 4. The molecule has 3 nitrogen and oxygen atoms in total. The SMILES string of the molecule is O=C(O)CC(c1c(Cl)cncc1Cl)C(F)F. The predicted molar refractivity (Wildman–Crippen MR) is 55.3 cm³/mol. The molecule has 0 aliphatic heterocycles. The molecule has 1 rings (SSSR count). The molecule has 1 aromatic rings. The number of hydrogen-bond donors (Lipinski definition) is 1. The molecule has 1 aromatic heterocycles. The Morgan fingerprint density at radius 1 is 1.38 bits per heavy atom. The van der Waals surface area contributed by atoms with Gasteiger partial charge in [-0.25, -0.2) is 8.78 Å². The smallest absolute Gasteiger partial charge is 0.304 e. The third-order valence-electron chi connectivity index (χ3n) is 1.96. The van der Waals surface area contributed by atoms with E-state index < -0.39 is 24.7 Å². The van der Waals surface area contributed by atoms with Crippen molar-refractivity contribution in [2.75, 3.05) is 0 Å². The maximum absolute atomic E-state index is 12.7. The summed E-state index contributed by atoms with van der Waals surface area (Å²) in [4.78, 5) is 14.1. The van der Waals surface area contributed by atoms with Crippen LogP contribution in [0.1, 0.15) is 17.9 Å². The van der Waals surface area contributed by atoms with Gasteiger partial charge in [-0.3, -0.25) is 9.78 Å². The second-order valence-electron chi connectivity index (χ2n) is 3.06. The first-order chi connectivity index (χ1) is 7.43. The maximum atomic E-state index is 12.7. The molecular formula is C9H7Cl2F2NO2. The number of carbonyl (C=O) groups is 1. The minimum Gasteiger partial charge on any atom is -0.481 e. The highest BCUT2D eigenvalue weighted by molar-refractivity contribution is 6.35. The lowest BCUT2D eigenvalue weighted by molar-refractivity contribution is -0.138. The normalized spacial score (nSPS) is 12.8. The molecule has 0 saturated heterocycles. The van der Waals surface area contributed by atoms with E-state index in [1.807, 2.05) is 0 Å². The van der Waals surface area contributed by atoms with Crippen molar-refractivity contribution in [3.05, 3.63) is 28.0 Å². The minimum atomic E-state index is -2.85. The van der Waals surface area contributed by atoms with Gasteiger partial charge in [0, 0.05) is 18.0 Å². The fourth-order valence-electron chi connectivity index (χ4n) is 1.28. The lowest BCUT2D eigenvalue weighted by Crippen LogP contribution is -2.15. The molecule has 0 fully saturated rings. The first kappa shape index (κ1) is 13.1. The van der Waals surface area contributed by atoms with Crippen molar-refractivity contribution in [3.63, 3.8) is 0 Å². The second-order valence-corrected chi connectivity index (χ2v) is 3.87. The van der Waals surface area contributed by atoms with Crippen LogP contribution in [0.2, 0.25) is 10.0 Å². The molecule has 1 unspecified atom stereocenters. The Morgan fingerprint density at radius 3 is 2.25 bits per heavy atom. The molecule has 7 heteroatoms. The van der Waals surface area contributed by atoms with E-state index >= 15 is 0 Å². The van der Waals surface area contributed by atoms with Gasteiger partial charge in [0.1, 0.15) is 0 Å². The Labute approximate surface area is 100 Å². The summed E-state index contributed by atoms with van der Waals surface area (Å²) in [6.07, 6.45) is -1.28. The standard InChI is InChI=1S/C9H7Cl2F2NO2/c10-5-2-14-3-6(11)8(5)4(9(12)13)1-7(15)16/h2-4,9H,1H2,(H,15,16). The molecule has 0 aliphatic rings. The zero-order valence-corrected chi connectivity index (χ0v) is 9.34. The zero-order valence-electron chi connectivity index (χ0n) is 7.83. The molecule has 0 aromatic carbocycles. The Bertz CT molecular complexity index is 381. The van der Waals surface area contributed by atoms with Crippen LogP contribution in [0.3, 0.4) is 0 Å². The van der Waals surface area contributed by atoms with E-state index in [0.717, 1.165) is 12.4 Å². The van der Waals surface area contributed by atoms with Crippen molar-refractivity contribution < 1.29 is 18.7 Å². The maximum Gasteiger partial charge on any atom is 0.304 e. The van der Waals surface area contributed by atoms with Gasteiger partial charge in [-0.2, -0.15) is 0 Å². The predicted octanol–water partition coefficient (Wildman–Crippen LogP) is 3.21. The fourth-order valence-corrected chi connectivity index (χ4v) is 1.93. The molecule has 1 atom stereocenters. The van der Waals surface area contributed by atoms with Gasteiger partial charge in [0.15, 0.2) is 0 Å². The summed E-state index contributed by atoms with van der Waals surface area (Å²) in [5.74, 6) is -2.87. The van der Waals surface area contributed by atoms with Gasteiger partial charge in [-0.15, -0.1) is 0 Å². The van der Waals surface area contributed by atoms with Crippen LogP contribution in [0.4, 0.5) is 8.78 Å². The van der Waals surface area contributed by atoms with Crippen LogP contribution < -0.4 is 0 Å². The molecule has 0 aliphatic carbocycles. The lowest BCUT2D eigenvalue weighted by atomic mass is 9.97. The molecule has 1 heterocycles. The number of carboxylic acid groups (broad SMARTS) is 1. The number of alkyl halides is 2. The molecule has 16 heavy (non-hydrogen) atoms. The summed E-state index contributed by atoms with van der Waals surface area (Å²) in [5.41, 5.74) is -0.0734. The van der Waals surface area contributed by atoms with Crippen molar-refractivity contribution >= 4 is 29.2 Å². The Kier molecular flexibility index (Phi) is 4.44. The van der Waals surface area contributed by atoms with Gasteiger partial charge in [0.05, 0.1) is 22.4 Å². The first-order valence-corrected chi connectivity index (χ1v) is 4.98. The van der Waals surface area contributed by atoms with E-state index in [4.69, 9.17) is 28.3 Å². The Balaban J connectivity index is 3.15. The molecule has 0 spiro atoms. The fraction of sp³-hybridized carbons (Fsp3) is 0.333. The number of aliphatic carboxylic acids is 1. The lowest BCUT2D eigenvalue weighted by Gasteiger charge is -2.16. The zero-order chi connectivity index (χ0) is 12.3.